The van der Waals surface area contributed by atoms with Gasteiger partial charge in [-0.2, -0.15) is 11.8 Å². The first kappa shape index (κ1) is 11.0. The molecule has 0 saturated heterocycles. The van der Waals surface area contributed by atoms with E-state index in [2.05, 4.69) is 30.1 Å². The quantitative estimate of drug-likeness (QED) is 0.585. The van der Waals surface area contributed by atoms with Crippen LogP contribution in [0.5, 0.6) is 0 Å². The molecular weight excluding hydrogens is 156 g/mol. The van der Waals surface area contributed by atoms with Crippen LogP contribution in [0.25, 0.3) is 0 Å². The van der Waals surface area contributed by atoms with E-state index in [1.165, 1.54) is 0 Å². The predicted molar refractivity (Wildman–Crippen MR) is 54.9 cm³/mol. The van der Waals surface area contributed by atoms with Gasteiger partial charge < -0.3 is 0 Å². The molecule has 66 valence electrons. The summed E-state index contributed by atoms with van der Waals surface area (Å²) < 4.78 is 0. The van der Waals surface area contributed by atoms with Gasteiger partial charge in [0, 0.05) is 19.0 Å². The van der Waals surface area contributed by atoms with Gasteiger partial charge in [-0.25, -0.2) is 0 Å². The normalized spacial score (nSPS) is 14.6. The van der Waals surface area contributed by atoms with Gasteiger partial charge in [0.1, 0.15) is 0 Å². The van der Waals surface area contributed by atoms with Crippen LogP contribution in [0.15, 0.2) is 4.99 Å². The first-order valence-corrected chi connectivity index (χ1v) is 5.27. The lowest BCUT2D eigenvalue weighted by atomic mass is 10.3. The lowest BCUT2D eigenvalue weighted by Gasteiger charge is -2.22. The molecule has 3 heteroatoms. The summed E-state index contributed by atoms with van der Waals surface area (Å²) in [4.78, 5) is 6.34. The van der Waals surface area contributed by atoms with Crippen molar-refractivity contribution in [3.8, 4) is 0 Å². The van der Waals surface area contributed by atoms with Gasteiger partial charge in [-0.05, 0) is 19.8 Å². The zero-order valence-corrected chi connectivity index (χ0v) is 8.69. The molecule has 0 fully saturated rings. The van der Waals surface area contributed by atoms with Crippen molar-refractivity contribution in [2.75, 3.05) is 32.6 Å². The minimum absolute atomic E-state index is 0.500. The molecule has 0 aromatic rings. The largest absolute Gasteiger partial charge is 0.299 e. The molecule has 0 spiro atoms. The number of aliphatic imine (C=N–C) groups is 1. The molecule has 0 amide bonds. The Bertz CT molecular complexity index is 115. The molecule has 0 aromatic carbocycles. The average molecular weight is 174 g/mol. The lowest BCUT2D eigenvalue weighted by Crippen LogP contribution is -2.34. The second kappa shape index (κ2) is 6.68. The highest BCUT2D eigenvalue weighted by atomic mass is 32.2. The van der Waals surface area contributed by atoms with Crippen LogP contribution in [0, 0.1) is 0 Å². The minimum Gasteiger partial charge on any atom is -0.299 e. The van der Waals surface area contributed by atoms with Crippen molar-refractivity contribution in [3.05, 3.63) is 0 Å². The van der Waals surface area contributed by atoms with Crippen molar-refractivity contribution >= 4 is 18.0 Å². The van der Waals surface area contributed by atoms with Gasteiger partial charge in [0.05, 0.1) is 6.04 Å². The average Bonchev–Trinajstić information content (AvgIpc) is 2.03. The van der Waals surface area contributed by atoms with Crippen LogP contribution >= 0.6 is 11.8 Å². The molecular formula is C8H18N2S. The molecule has 1 unspecified atom stereocenters. The summed E-state index contributed by atoms with van der Waals surface area (Å²) in [5.74, 6) is 1.13. The number of hydrogen-bond acceptors (Lipinski definition) is 3. The van der Waals surface area contributed by atoms with Crippen molar-refractivity contribution in [1.29, 1.82) is 0 Å². The van der Waals surface area contributed by atoms with Crippen LogP contribution in [-0.2, 0) is 0 Å². The number of thioether (sulfide) groups is 1. The van der Waals surface area contributed by atoms with Crippen molar-refractivity contribution in [2.45, 2.75) is 13.0 Å². The van der Waals surface area contributed by atoms with E-state index in [4.69, 9.17) is 0 Å². The smallest absolute Gasteiger partial charge is 0.0534 e. The number of hydrogen-bond donors (Lipinski definition) is 0. The molecule has 0 heterocycles. The zero-order chi connectivity index (χ0) is 8.69. The summed E-state index contributed by atoms with van der Waals surface area (Å²) in [5, 5.41) is 0. The standard InChI is InChI=1S/C8H18N2S/c1-5-10(3)8(6-9-2)7-11-4/h6,8H,5,7H2,1-4H3. The highest BCUT2D eigenvalue weighted by Gasteiger charge is 2.08. The van der Waals surface area contributed by atoms with E-state index in [0.29, 0.717) is 6.04 Å². The fraction of sp³-hybridized carbons (Fsp3) is 0.875. The van der Waals surface area contributed by atoms with Gasteiger partial charge in [-0.3, -0.25) is 9.89 Å². The molecule has 0 N–H and O–H groups in total. The van der Waals surface area contributed by atoms with Crippen LogP contribution < -0.4 is 0 Å². The van der Waals surface area contributed by atoms with Crippen LogP contribution in [0.4, 0.5) is 0 Å². The van der Waals surface area contributed by atoms with Gasteiger partial charge in [0.15, 0.2) is 0 Å². The molecule has 0 aliphatic carbocycles. The molecule has 1 atom stereocenters. The molecule has 0 aliphatic rings. The first-order chi connectivity index (χ1) is 5.26. The third-order valence-corrected chi connectivity index (χ3v) is 2.40. The maximum absolute atomic E-state index is 4.04. The van der Waals surface area contributed by atoms with E-state index in [0.717, 1.165) is 12.3 Å². The summed E-state index contributed by atoms with van der Waals surface area (Å²) in [6.07, 6.45) is 4.14. The van der Waals surface area contributed by atoms with E-state index in [1.807, 2.05) is 25.0 Å². The number of rotatable bonds is 5. The van der Waals surface area contributed by atoms with Crippen molar-refractivity contribution in [3.63, 3.8) is 0 Å². The fourth-order valence-corrected chi connectivity index (χ4v) is 1.54. The topological polar surface area (TPSA) is 15.6 Å². The van der Waals surface area contributed by atoms with Crippen LogP contribution in [0.1, 0.15) is 6.92 Å². The SMILES string of the molecule is CCN(C)C(C=NC)CSC. The van der Waals surface area contributed by atoms with E-state index in [9.17, 15) is 0 Å². The Morgan fingerprint density at radius 3 is 2.64 bits per heavy atom. The Hall–Kier alpha value is -0.0200. The summed E-state index contributed by atoms with van der Waals surface area (Å²) in [6.45, 7) is 3.24. The monoisotopic (exact) mass is 174 g/mol. The molecule has 0 aliphatic heterocycles. The Morgan fingerprint density at radius 1 is 1.64 bits per heavy atom. The van der Waals surface area contributed by atoms with Crippen molar-refractivity contribution in [2.24, 2.45) is 4.99 Å². The maximum Gasteiger partial charge on any atom is 0.0534 e. The predicted octanol–water partition coefficient (Wildman–Crippen LogP) is 1.37. The third-order valence-electron chi connectivity index (χ3n) is 1.72. The number of nitrogens with zero attached hydrogens (tertiary/aromatic N) is 2. The summed E-state index contributed by atoms with van der Waals surface area (Å²) in [7, 11) is 3.96. The Kier molecular flexibility index (Phi) is 6.66. The molecule has 0 saturated carbocycles. The molecule has 0 rings (SSSR count). The van der Waals surface area contributed by atoms with E-state index >= 15 is 0 Å². The molecule has 0 aromatic heterocycles. The lowest BCUT2D eigenvalue weighted by molar-refractivity contribution is 0.336. The van der Waals surface area contributed by atoms with E-state index < -0.39 is 0 Å². The first-order valence-electron chi connectivity index (χ1n) is 3.87. The van der Waals surface area contributed by atoms with E-state index in [-0.39, 0.29) is 0 Å². The van der Waals surface area contributed by atoms with Crippen LogP contribution in [0.2, 0.25) is 0 Å². The second-order valence-electron chi connectivity index (χ2n) is 2.50. The van der Waals surface area contributed by atoms with Gasteiger partial charge >= 0.3 is 0 Å². The maximum atomic E-state index is 4.04. The summed E-state index contributed by atoms with van der Waals surface area (Å²) in [6, 6.07) is 0.500. The minimum atomic E-state index is 0.500. The van der Waals surface area contributed by atoms with Crippen molar-refractivity contribution < 1.29 is 0 Å². The zero-order valence-electron chi connectivity index (χ0n) is 7.87. The summed E-state index contributed by atoms with van der Waals surface area (Å²) in [5.41, 5.74) is 0. The van der Waals surface area contributed by atoms with E-state index in [1.54, 1.807) is 0 Å². The molecule has 0 radical (unpaired) electrons. The van der Waals surface area contributed by atoms with Crippen LogP contribution in [0.3, 0.4) is 0 Å². The highest BCUT2D eigenvalue weighted by Crippen LogP contribution is 2.01. The highest BCUT2D eigenvalue weighted by molar-refractivity contribution is 7.98. The summed E-state index contributed by atoms with van der Waals surface area (Å²) >= 11 is 1.86. The Balaban J connectivity index is 3.86. The second-order valence-corrected chi connectivity index (χ2v) is 3.41. The third kappa shape index (κ3) is 4.43. The fourth-order valence-electron chi connectivity index (χ4n) is 0.861. The van der Waals surface area contributed by atoms with Crippen molar-refractivity contribution in [1.82, 2.24) is 4.90 Å². The molecule has 11 heavy (non-hydrogen) atoms. The Labute approximate surface area is 74.1 Å². The van der Waals surface area contributed by atoms with Gasteiger partial charge in [0.2, 0.25) is 0 Å². The van der Waals surface area contributed by atoms with Gasteiger partial charge in [-0.1, -0.05) is 6.92 Å². The van der Waals surface area contributed by atoms with Gasteiger partial charge in [-0.15, -0.1) is 0 Å². The molecule has 0 bridgehead atoms. The van der Waals surface area contributed by atoms with Gasteiger partial charge in [0.25, 0.3) is 0 Å². The molecule has 2 nitrogen and oxygen atoms in total. The Morgan fingerprint density at radius 2 is 2.27 bits per heavy atom. The van der Waals surface area contributed by atoms with Crippen LogP contribution in [-0.4, -0.2) is 49.8 Å².